The van der Waals surface area contributed by atoms with Crippen molar-refractivity contribution in [3.63, 3.8) is 0 Å². The van der Waals surface area contributed by atoms with Crippen LogP contribution in [-0.2, 0) is 0 Å². The van der Waals surface area contributed by atoms with Gasteiger partial charge in [-0.05, 0) is 49.5 Å². The topological polar surface area (TPSA) is 12.0 Å². The Labute approximate surface area is 105 Å². The third-order valence-electron chi connectivity index (χ3n) is 2.62. The summed E-state index contributed by atoms with van der Waals surface area (Å²) in [5.41, 5.74) is 1.39. The summed E-state index contributed by atoms with van der Waals surface area (Å²) < 4.78 is 0. The number of hydrogen-bond acceptors (Lipinski definition) is 3. The summed E-state index contributed by atoms with van der Waals surface area (Å²) in [6.07, 6.45) is 0. The van der Waals surface area contributed by atoms with Crippen LogP contribution in [0.4, 0.5) is 0 Å². The molecule has 0 aromatic carbocycles. The van der Waals surface area contributed by atoms with Crippen LogP contribution in [0.1, 0.15) is 33.2 Å². The second-order valence-corrected chi connectivity index (χ2v) is 6.17. The second kappa shape index (κ2) is 5.13. The molecule has 0 aliphatic heterocycles. The maximum absolute atomic E-state index is 3.58. The van der Waals surface area contributed by atoms with Crippen LogP contribution in [0.5, 0.6) is 0 Å². The quantitative estimate of drug-likeness (QED) is 0.861. The first kappa shape index (κ1) is 11.8. The molecular weight excluding hydrogens is 234 g/mol. The van der Waals surface area contributed by atoms with Crippen molar-refractivity contribution in [1.29, 1.82) is 0 Å². The van der Waals surface area contributed by atoms with E-state index in [-0.39, 0.29) is 0 Å². The Kier molecular flexibility index (Phi) is 3.79. The second-order valence-electron chi connectivity index (χ2n) is 3.91. The molecule has 0 aliphatic carbocycles. The molecule has 2 aromatic heterocycles. The van der Waals surface area contributed by atoms with E-state index in [4.69, 9.17) is 0 Å². The number of thiophene rings is 2. The zero-order chi connectivity index (χ0) is 11.5. The molecule has 0 fully saturated rings. The number of aryl methyl sites for hydroxylation is 2. The summed E-state index contributed by atoms with van der Waals surface area (Å²) >= 11 is 3.73. The average molecular weight is 251 g/mol. The van der Waals surface area contributed by atoms with Crippen LogP contribution >= 0.6 is 22.7 Å². The van der Waals surface area contributed by atoms with Crippen molar-refractivity contribution in [3.05, 3.63) is 43.8 Å². The lowest BCUT2D eigenvalue weighted by atomic mass is 10.1. The maximum atomic E-state index is 3.58. The van der Waals surface area contributed by atoms with Gasteiger partial charge in [-0.2, -0.15) is 0 Å². The molecule has 0 bridgehead atoms. The van der Waals surface area contributed by atoms with E-state index < -0.39 is 0 Å². The molecule has 0 saturated carbocycles. The van der Waals surface area contributed by atoms with Gasteiger partial charge in [0, 0.05) is 14.6 Å². The highest BCUT2D eigenvalue weighted by Gasteiger charge is 2.17. The first-order valence-electron chi connectivity index (χ1n) is 5.56. The van der Waals surface area contributed by atoms with E-state index in [1.807, 2.05) is 22.7 Å². The molecule has 0 saturated heterocycles. The van der Waals surface area contributed by atoms with E-state index in [0.717, 1.165) is 6.54 Å². The van der Waals surface area contributed by atoms with E-state index in [2.05, 4.69) is 49.7 Å². The average Bonchev–Trinajstić information content (AvgIpc) is 2.84. The van der Waals surface area contributed by atoms with Crippen LogP contribution < -0.4 is 5.32 Å². The monoisotopic (exact) mass is 251 g/mol. The van der Waals surface area contributed by atoms with Gasteiger partial charge < -0.3 is 5.32 Å². The largest absolute Gasteiger partial charge is 0.305 e. The van der Waals surface area contributed by atoms with Crippen molar-refractivity contribution in [2.24, 2.45) is 0 Å². The van der Waals surface area contributed by atoms with Crippen LogP contribution in [0, 0.1) is 13.8 Å². The zero-order valence-electron chi connectivity index (χ0n) is 9.91. The van der Waals surface area contributed by atoms with E-state index in [9.17, 15) is 0 Å². The number of hydrogen-bond donors (Lipinski definition) is 1. The van der Waals surface area contributed by atoms with Crippen LogP contribution in [0.2, 0.25) is 0 Å². The predicted molar refractivity (Wildman–Crippen MR) is 73.6 cm³/mol. The molecule has 2 aromatic rings. The van der Waals surface area contributed by atoms with Crippen molar-refractivity contribution >= 4 is 22.7 Å². The van der Waals surface area contributed by atoms with Gasteiger partial charge in [-0.1, -0.05) is 6.92 Å². The molecule has 16 heavy (non-hydrogen) atoms. The molecule has 0 aliphatic rings. The third-order valence-corrected chi connectivity index (χ3v) is 4.77. The van der Waals surface area contributed by atoms with Gasteiger partial charge in [0.25, 0.3) is 0 Å². The Bertz CT molecular complexity index is 456. The summed E-state index contributed by atoms with van der Waals surface area (Å²) in [6, 6.07) is 7.02. The van der Waals surface area contributed by atoms with Gasteiger partial charge in [0.1, 0.15) is 0 Å². The molecule has 2 heterocycles. The fourth-order valence-corrected chi connectivity index (χ4v) is 3.87. The minimum Gasteiger partial charge on any atom is -0.305 e. The predicted octanol–water partition coefficient (Wildman–Crippen LogP) is 4.13. The Morgan fingerprint density at radius 3 is 2.56 bits per heavy atom. The fourth-order valence-electron chi connectivity index (χ4n) is 1.82. The molecule has 1 nitrogen and oxygen atoms in total. The summed E-state index contributed by atoms with van der Waals surface area (Å²) in [7, 11) is 0. The molecule has 3 heteroatoms. The first-order chi connectivity index (χ1) is 7.72. The minimum atomic E-state index is 0.378. The van der Waals surface area contributed by atoms with Crippen molar-refractivity contribution < 1.29 is 0 Å². The van der Waals surface area contributed by atoms with Crippen molar-refractivity contribution in [2.45, 2.75) is 26.8 Å². The lowest BCUT2D eigenvalue weighted by molar-refractivity contribution is 0.646. The SMILES string of the molecule is CCNC(c1ccc(C)s1)c1sccc1C. The highest BCUT2D eigenvalue weighted by atomic mass is 32.1. The highest BCUT2D eigenvalue weighted by molar-refractivity contribution is 7.13. The summed E-state index contributed by atoms with van der Waals surface area (Å²) in [5.74, 6) is 0. The highest BCUT2D eigenvalue weighted by Crippen LogP contribution is 2.33. The smallest absolute Gasteiger partial charge is 0.0767 e. The van der Waals surface area contributed by atoms with Crippen LogP contribution in [0.25, 0.3) is 0 Å². The van der Waals surface area contributed by atoms with E-state index in [1.165, 1.54) is 20.2 Å². The molecule has 0 radical (unpaired) electrons. The Balaban J connectivity index is 2.34. The Hall–Kier alpha value is -0.640. The third kappa shape index (κ3) is 2.37. The van der Waals surface area contributed by atoms with Crippen molar-refractivity contribution in [1.82, 2.24) is 5.32 Å². The lowest BCUT2D eigenvalue weighted by Gasteiger charge is -2.16. The molecule has 1 unspecified atom stereocenters. The van der Waals surface area contributed by atoms with Crippen molar-refractivity contribution in [2.75, 3.05) is 6.54 Å². The molecule has 1 N–H and O–H groups in total. The summed E-state index contributed by atoms with van der Waals surface area (Å²) in [5, 5.41) is 5.75. The minimum absolute atomic E-state index is 0.378. The van der Waals surface area contributed by atoms with Crippen LogP contribution in [-0.4, -0.2) is 6.54 Å². The van der Waals surface area contributed by atoms with E-state index >= 15 is 0 Å². The van der Waals surface area contributed by atoms with Gasteiger partial charge in [-0.3, -0.25) is 0 Å². The summed E-state index contributed by atoms with van der Waals surface area (Å²) in [4.78, 5) is 4.25. The van der Waals surface area contributed by atoms with Gasteiger partial charge in [0.15, 0.2) is 0 Å². The van der Waals surface area contributed by atoms with Gasteiger partial charge in [-0.15, -0.1) is 22.7 Å². The standard InChI is InChI=1S/C13H17NS2/c1-4-14-12(11-6-5-10(3)16-11)13-9(2)7-8-15-13/h5-8,12,14H,4H2,1-3H3. The zero-order valence-corrected chi connectivity index (χ0v) is 11.5. The molecule has 0 spiro atoms. The molecule has 86 valence electrons. The summed E-state index contributed by atoms with van der Waals surface area (Å²) in [6.45, 7) is 7.52. The lowest BCUT2D eigenvalue weighted by Crippen LogP contribution is -2.20. The molecular formula is C13H17NS2. The Morgan fingerprint density at radius 2 is 2.06 bits per heavy atom. The normalized spacial score (nSPS) is 12.9. The molecule has 1 atom stereocenters. The van der Waals surface area contributed by atoms with Gasteiger partial charge in [0.2, 0.25) is 0 Å². The van der Waals surface area contributed by atoms with Crippen LogP contribution in [0.3, 0.4) is 0 Å². The number of rotatable bonds is 4. The number of nitrogens with one attached hydrogen (secondary N) is 1. The van der Waals surface area contributed by atoms with Crippen LogP contribution in [0.15, 0.2) is 23.6 Å². The van der Waals surface area contributed by atoms with Gasteiger partial charge in [-0.25, -0.2) is 0 Å². The van der Waals surface area contributed by atoms with Gasteiger partial charge in [0.05, 0.1) is 6.04 Å². The molecule has 0 amide bonds. The Morgan fingerprint density at radius 1 is 1.25 bits per heavy atom. The fraction of sp³-hybridized carbons (Fsp3) is 0.385. The van der Waals surface area contributed by atoms with Crippen molar-refractivity contribution in [3.8, 4) is 0 Å². The first-order valence-corrected chi connectivity index (χ1v) is 7.25. The van der Waals surface area contributed by atoms with Gasteiger partial charge >= 0.3 is 0 Å². The molecule has 2 rings (SSSR count). The van der Waals surface area contributed by atoms with E-state index in [1.54, 1.807) is 0 Å². The maximum Gasteiger partial charge on any atom is 0.0767 e. The van der Waals surface area contributed by atoms with E-state index in [0.29, 0.717) is 6.04 Å².